The second-order valence-corrected chi connectivity index (χ2v) is 10.9. The predicted octanol–water partition coefficient (Wildman–Crippen LogP) is 3.06. The van der Waals surface area contributed by atoms with Crippen molar-refractivity contribution in [1.82, 2.24) is 10.0 Å². The van der Waals surface area contributed by atoms with Crippen LogP contribution in [-0.4, -0.2) is 42.9 Å². The van der Waals surface area contributed by atoms with Gasteiger partial charge in [0.25, 0.3) is 0 Å². The molecule has 4 bridgehead atoms. The molecule has 0 aliphatic heterocycles. The van der Waals surface area contributed by atoms with E-state index in [1.165, 1.54) is 32.1 Å². The van der Waals surface area contributed by atoms with Crippen LogP contribution in [0.15, 0.2) is 23.1 Å². The fourth-order valence-corrected chi connectivity index (χ4v) is 6.62. The van der Waals surface area contributed by atoms with Crippen molar-refractivity contribution >= 4 is 29.8 Å². The summed E-state index contributed by atoms with van der Waals surface area (Å²) in [6.45, 7) is 3.43. The van der Waals surface area contributed by atoms with E-state index < -0.39 is 10.5 Å². The van der Waals surface area contributed by atoms with Gasteiger partial charge in [-0.1, -0.05) is 0 Å². The quantitative estimate of drug-likeness (QED) is 0.224. The molecule has 1 amide bonds. The van der Waals surface area contributed by atoms with Crippen molar-refractivity contribution in [3.8, 4) is 5.75 Å². The number of methoxy groups -OCH3 is 1. The molecule has 0 aromatic heterocycles. The summed E-state index contributed by atoms with van der Waals surface area (Å²) in [5.74, 6) is 2.36. The normalized spacial score (nSPS) is 29.7. The van der Waals surface area contributed by atoms with Crippen LogP contribution in [0.3, 0.4) is 0 Å². The first-order valence-electron chi connectivity index (χ1n) is 11.2. The highest BCUT2D eigenvalue weighted by Crippen LogP contribution is 2.59. The minimum atomic E-state index is -0.695. The third-order valence-corrected chi connectivity index (χ3v) is 8.32. The number of nitrogens with one attached hydrogen (secondary N) is 2. The zero-order valence-electron chi connectivity index (χ0n) is 19.6. The van der Waals surface area contributed by atoms with Crippen molar-refractivity contribution < 1.29 is 19.2 Å². The molecule has 0 saturated heterocycles. The molecular weight excluding hydrogens is 444 g/mol. The smallest absolute Gasteiger partial charge is 0.312 e. The number of nitro benzene ring substituents is 1. The number of primary amides is 1. The van der Waals surface area contributed by atoms with Gasteiger partial charge in [0, 0.05) is 22.4 Å². The van der Waals surface area contributed by atoms with Crippen molar-refractivity contribution in [1.29, 1.82) is 0 Å². The molecular formula is C23H34N4O5S. The number of rotatable bonds is 8. The van der Waals surface area contributed by atoms with E-state index in [4.69, 9.17) is 10.5 Å². The summed E-state index contributed by atoms with van der Waals surface area (Å²) >= 11 is 1.16. The predicted molar refractivity (Wildman–Crippen MR) is 127 cm³/mol. The van der Waals surface area contributed by atoms with E-state index in [-0.39, 0.29) is 22.8 Å². The first-order valence-corrected chi connectivity index (χ1v) is 12.1. The molecule has 4 fully saturated rings. The summed E-state index contributed by atoms with van der Waals surface area (Å²) in [4.78, 5) is 33.3. The topological polar surface area (TPSA) is 137 Å². The van der Waals surface area contributed by atoms with Crippen LogP contribution in [0.1, 0.15) is 46.0 Å². The number of nitrogens with zero attached hydrogens (tertiary/aromatic N) is 1. The van der Waals surface area contributed by atoms with Crippen molar-refractivity contribution in [2.24, 2.45) is 28.9 Å². The molecule has 4 saturated carbocycles. The Bertz CT molecular complexity index is 893. The summed E-state index contributed by atoms with van der Waals surface area (Å²) < 4.78 is 7.81. The second kappa shape index (κ2) is 9.99. The van der Waals surface area contributed by atoms with E-state index in [2.05, 4.69) is 17.1 Å². The summed E-state index contributed by atoms with van der Waals surface area (Å²) in [6, 6.07) is 5.26. The summed E-state index contributed by atoms with van der Waals surface area (Å²) in [5.41, 5.74) is 4.70. The van der Waals surface area contributed by atoms with Crippen molar-refractivity contribution in [3.05, 3.63) is 28.3 Å². The van der Waals surface area contributed by atoms with E-state index >= 15 is 0 Å². The van der Waals surface area contributed by atoms with Crippen LogP contribution >= 0.6 is 11.9 Å². The Morgan fingerprint density at radius 1 is 1.30 bits per heavy atom. The Labute approximate surface area is 198 Å². The second-order valence-electron chi connectivity index (χ2n) is 10.1. The lowest BCUT2D eigenvalue weighted by Crippen LogP contribution is -2.60. The Morgan fingerprint density at radius 3 is 2.42 bits per heavy atom. The van der Waals surface area contributed by atoms with Gasteiger partial charge in [-0.25, -0.2) is 4.72 Å². The fourth-order valence-electron chi connectivity index (χ4n) is 5.89. The highest BCUT2D eigenvalue weighted by atomic mass is 32.2. The van der Waals surface area contributed by atoms with Crippen LogP contribution in [0.5, 0.6) is 5.75 Å². The lowest BCUT2D eigenvalue weighted by Gasteiger charge is -2.58. The molecule has 33 heavy (non-hydrogen) atoms. The monoisotopic (exact) mass is 478 g/mol. The third-order valence-electron chi connectivity index (χ3n) is 7.20. The Balaban J connectivity index is 0.000000188. The molecule has 0 spiro atoms. The molecule has 0 radical (unpaired) electrons. The van der Waals surface area contributed by atoms with E-state index in [1.807, 2.05) is 0 Å². The Hall–Kier alpha value is -2.17. The van der Waals surface area contributed by atoms with E-state index in [1.54, 1.807) is 19.9 Å². The van der Waals surface area contributed by atoms with Crippen molar-refractivity contribution in [2.45, 2.75) is 62.4 Å². The SMILES string of the molecule is CNC1C2CC3CC1CC(C(N)=O)(C3)C2.COc1ccc(SNC(C)(C)C=O)cc1[N+](=O)[O-]. The summed E-state index contributed by atoms with van der Waals surface area (Å²) in [5, 5.41) is 14.3. The lowest BCUT2D eigenvalue weighted by molar-refractivity contribution is -0.386. The molecule has 5 rings (SSSR count). The molecule has 0 heterocycles. The number of carbonyl (C=O) groups is 2. The molecule has 4 N–H and O–H groups in total. The van der Waals surface area contributed by atoms with Crippen LogP contribution in [0.4, 0.5) is 5.69 Å². The number of hydrogen-bond acceptors (Lipinski definition) is 8. The lowest BCUT2D eigenvalue weighted by atomic mass is 9.47. The van der Waals surface area contributed by atoms with Crippen LogP contribution in [0.25, 0.3) is 0 Å². The number of amides is 1. The van der Waals surface area contributed by atoms with E-state index in [0.29, 0.717) is 22.8 Å². The fraction of sp³-hybridized carbons (Fsp3) is 0.652. The number of nitrogens with two attached hydrogens (primary N) is 1. The number of nitro groups is 1. The van der Waals surface area contributed by atoms with Crippen LogP contribution in [0.2, 0.25) is 0 Å². The maximum Gasteiger partial charge on any atom is 0.312 e. The molecule has 9 nitrogen and oxygen atoms in total. The van der Waals surface area contributed by atoms with Gasteiger partial charge >= 0.3 is 5.69 Å². The van der Waals surface area contributed by atoms with Gasteiger partial charge in [0.15, 0.2) is 5.75 Å². The number of carbonyl (C=O) groups excluding carboxylic acids is 2. The first kappa shape index (κ1) is 25.5. The number of benzene rings is 1. The van der Waals surface area contributed by atoms with Crippen LogP contribution in [-0.2, 0) is 9.59 Å². The Kier molecular flexibility index (Phi) is 7.70. The van der Waals surface area contributed by atoms with Gasteiger partial charge in [-0.05, 0) is 94.8 Å². The largest absolute Gasteiger partial charge is 0.490 e. The molecule has 4 aliphatic rings. The number of hydrogen-bond donors (Lipinski definition) is 3. The zero-order valence-corrected chi connectivity index (χ0v) is 20.4. The van der Waals surface area contributed by atoms with E-state index in [0.717, 1.165) is 43.4 Å². The molecule has 1 aromatic carbocycles. The number of ether oxygens (including phenoxy) is 1. The van der Waals surface area contributed by atoms with Gasteiger partial charge in [0.1, 0.15) is 6.29 Å². The summed E-state index contributed by atoms with van der Waals surface area (Å²) in [6.07, 6.45) is 6.57. The molecule has 2 unspecified atom stereocenters. The average Bonchev–Trinajstić information content (AvgIpc) is 2.77. The molecule has 4 aliphatic carbocycles. The standard InChI is InChI=1S/C12H20N2O.C11H14N2O4S/c1-14-10-8-2-7-3-9(10)6-12(4-7,5-8)11(13)15;1-11(2,7-14)12-18-8-4-5-10(17-3)9(6-8)13(15)16/h7-10,14H,2-6H2,1H3,(H2,13,15);4-7,12H,1-3H3. The zero-order chi connectivity index (χ0) is 24.4. The highest BCUT2D eigenvalue weighted by Gasteiger charge is 2.57. The average molecular weight is 479 g/mol. The first-order chi connectivity index (χ1) is 15.5. The van der Waals surface area contributed by atoms with Crippen LogP contribution in [0, 0.1) is 33.3 Å². The summed E-state index contributed by atoms with van der Waals surface area (Å²) in [7, 11) is 3.44. The molecule has 182 valence electrons. The minimum Gasteiger partial charge on any atom is -0.490 e. The minimum absolute atomic E-state index is 0.0311. The van der Waals surface area contributed by atoms with Gasteiger partial charge in [-0.3, -0.25) is 14.9 Å². The maximum atomic E-state index is 11.6. The van der Waals surface area contributed by atoms with Gasteiger partial charge in [0.05, 0.1) is 17.6 Å². The molecule has 1 aromatic rings. The third kappa shape index (κ3) is 5.50. The van der Waals surface area contributed by atoms with Gasteiger partial charge in [0.2, 0.25) is 5.91 Å². The molecule has 10 heteroatoms. The van der Waals surface area contributed by atoms with Crippen LogP contribution < -0.4 is 20.5 Å². The Morgan fingerprint density at radius 2 is 1.94 bits per heavy atom. The number of aldehydes is 1. The van der Waals surface area contributed by atoms with Gasteiger partial charge in [-0.2, -0.15) is 0 Å². The highest BCUT2D eigenvalue weighted by molar-refractivity contribution is 7.97. The molecule has 2 atom stereocenters. The van der Waals surface area contributed by atoms with Crippen molar-refractivity contribution in [2.75, 3.05) is 14.2 Å². The van der Waals surface area contributed by atoms with Gasteiger partial charge in [-0.15, -0.1) is 0 Å². The van der Waals surface area contributed by atoms with E-state index in [9.17, 15) is 19.7 Å². The maximum absolute atomic E-state index is 11.6. The van der Waals surface area contributed by atoms with Crippen molar-refractivity contribution in [3.63, 3.8) is 0 Å². The van der Waals surface area contributed by atoms with Gasteiger partial charge < -0.3 is 20.6 Å².